The predicted molar refractivity (Wildman–Crippen MR) is 50.7 cm³/mol. The first-order valence-corrected chi connectivity index (χ1v) is 4.36. The summed E-state index contributed by atoms with van der Waals surface area (Å²) in [6.45, 7) is 0.748. The lowest BCUT2D eigenvalue weighted by Gasteiger charge is -2.19. The molecule has 0 fully saturated rings. The summed E-state index contributed by atoms with van der Waals surface area (Å²) in [6, 6.07) is 3.80. The van der Waals surface area contributed by atoms with Crippen LogP contribution in [0.1, 0.15) is 12.0 Å². The number of ether oxygens (including phenoxy) is 1. The van der Waals surface area contributed by atoms with Crippen molar-refractivity contribution < 1.29 is 4.74 Å². The van der Waals surface area contributed by atoms with Gasteiger partial charge in [-0.1, -0.05) is 17.7 Å². The SMILES string of the molecule is [B]c1c(Cl)ccc2c1OCCC2. The van der Waals surface area contributed by atoms with E-state index in [2.05, 4.69) is 0 Å². The molecule has 0 unspecified atom stereocenters. The fraction of sp³-hybridized carbons (Fsp3) is 0.333. The third-order valence-electron chi connectivity index (χ3n) is 2.06. The molecular formula is C9H8BClO. The topological polar surface area (TPSA) is 9.23 Å². The molecule has 1 aromatic carbocycles. The zero-order chi connectivity index (χ0) is 8.55. The molecular weight excluding hydrogens is 170 g/mol. The number of halogens is 1. The number of aryl methyl sites for hydroxylation is 1. The van der Waals surface area contributed by atoms with Crippen molar-refractivity contribution in [1.29, 1.82) is 0 Å². The van der Waals surface area contributed by atoms with Gasteiger partial charge in [-0.3, -0.25) is 0 Å². The van der Waals surface area contributed by atoms with Crippen LogP contribution in [0.5, 0.6) is 5.75 Å². The van der Waals surface area contributed by atoms with Gasteiger partial charge < -0.3 is 4.74 Å². The Morgan fingerprint density at radius 1 is 1.42 bits per heavy atom. The van der Waals surface area contributed by atoms with E-state index in [0.29, 0.717) is 10.5 Å². The molecule has 0 amide bonds. The van der Waals surface area contributed by atoms with Crippen LogP contribution in [0.2, 0.25) is 5.02 Å². The van der Waals surface area contributed by atoms with Crippen molar-refractivity contribution >= 4 is 24.9 Å². The van der Waals surface area contributed by atoms with Gasteiger partial charge in [0, 0.05) is 5.02 Å². The summed E-state index contributed by atoms with van der Waals surface area (Å²) < 4.78 is 5.43. The Bertz CT molecular complexity index is 312. The molecule has 0 N–H and O–H groups in total. The van der Waals surface area contributed by atoms with E-state index in [1.54, 1.807) is 0 Å². The largest absolute Gasteiger partial charge is 0.494 e. The van der Waals surface area contributed by atoms with Crippen molar-refractivity contribution in [2.45, 2.75) is 12.8 Å². The maximum absolute atomic E-state index is 5.84. The summed E-state index contributed by atoms with van der Waals surface area (Å²) in [5, 5.41) is 0.579. The Balaban J connectivity index is 2.54. The molecule has 60 valence electrons. The maximum atomic E-state index is 5.84. The molecule has 0 atom stereocenters. The lowest BCUT2D eigenvalue weighted by molar-refractivity contribution is 0.291. The molecule has 1 heterocycles. The zero-order valence-corrected chi connectivity index (χ0v) is 7.40. The molecule has 0 aliphatic carbocycles. The smallest absolute Gasteiger partial charge is 0.121 e. The summed E-state index contributed by atoms with van der Waals surface area (Å²) >= 11 is 5.84. The summed E-state index contributed by atoms with van der Waals surface area (Å²) in [7, 11) is 5.75. The molecule has 2 radical (unpaired) electrons. The summed E-state index contributed by atoms with van der Waals surface area (Å²) in [5.74, 6) is 0.786. The second-order valence-corrected chi connectivity index (χ2v) is 3.31. The average Bonchev–Trinajstić information content (AvgIpc) is 2.12. The highest BCUT2D eigenvalue weighted by molar-refractivity contribution is 6.46. The molecule has 1 aliphatic rings. The normalized spacial score (nSPS) is 15.1. The number of hydrogen-bond acceptors (Lipinski definition) is 1. The summed E-state index contributed by atoms with van der Waals surface area (Å²) in [6.07, 6.45) is 2.10. The first kappa shape index (κ1) is 8.00. The average molecular weight is 178 g/mol. The van der Waals surface area contributed by atoms with Gasteiger partial charge in [0.2, 0.25) is 0 Å². The fourth-order valence-electron chi connectivity index (χ4n) is 1.42. The molecule has 2 rings (SSSR count). The number of benzene rings is 1. The molecule has 0 bridgehead atoms. The van der Waals surface area contributed by atoms with E-state index >= 15 is 0 Å². The van der Waals surface area contributed by atoms with E-state index < -0.39 is 0 Å². The molecule has 0 aromatic heterocycles. The molecule has 0 saturated heterocycles. The first-order valence-electron chi connectivity index (χ1n) is 3.98. The van der Waals surface area contributed by atoms with Crippen LogP contribution in [0, 0.1) is 0 Å². The highest BCUT2D eigenvalue weighted by atomic mass is 35.5. The van der Waals surface area contributed by atoms with Gasteiger partial charge in [-0.25, -0.2) is 0 Å². The van der Waals surface area contributed by atoms with Crippen LogP contribution in [0.4, 0.5) is 0 Å². The second kappa shape index (κ2) is 3.02. The molecule has 1 nitrogen and oxygen atoms in total. The van der Waals surface area contributed by atoms with Gasteiger partial charge in [0.25, 0.3) is 0 Å². The number of hydrogen-bond donors (Lipinski definition) is 0. The standard InChI is InChI=1S/C9H8BClO/c10-8-7(11)4-3-6-2-1-5-12-9(6)8/h3-4H,1-2,5H2. The van der Waals surface area contributed by atoms with Gasteiger partial charge in [0.15, 0.2) is 0 Å². The van der Waals surface area contributed by atoms with Crippen LogP contribution < -0.4 is 10.2 Å². The van der Waals surface area contributed by atoms with Crippen LogP contribution >= 0.6 is 11.6 Å². The maximum Gasteiger partial charge on any atom is 0.121 e. The number of rotatable bonds is 0. The molecule has 1 aromatic rings. The van der Waals surface area contributed by atoms with Crippen LogP contribution in [-0.2, 0) is 6.42 Å². The third-order valence-corrected chi connectivity index (χ3v) is 2.39. The van der Waals surface area contributed by atoms with E-state index in [-0.39, 0.29) is 0 Å². The van der Waals surface area contributed by atoms with Crippen LogP contribution in [0.25, 0.3) is 0 Å². The van der Waals surface area contributed by atoms with Crippen LogP contribution in [0.3, 0.4) is 0 Å². The van der Waals surface area contributed by atoms with E-state index in [1.165, 1.54) is 5.56 Å². The molecule has 0 spiro atoms. The molecule has 1 aliphatic heterocycles. The van der Waals surface area contributed by atoms with Gasteiger partial charge in [0.05, 0.1) is 6.61 Å². The van der Waals surface area contributed by atoms with Gasteiger partial charge in [0.1, 0.15) is 13.6 Å². The predicted octanol–water partition coefficient (Wildman–Crippen LogP) is 1.46. The van der Waals surface area contributed by atoms with Crippen LogP contribution in [-0.4, -0.2) is 14.5 Å². The third kappa shape index (κ3) is 1.20. The minimum atomic E-state index is 0.578. The van der Waals surface area contributed by atoms with Crippen molar-refractivity contribution in [2.75, 3.05) is 6.61 Å². The van der Waals surface area contributed by atoms with E-state index in [1.807, 2.05) is 12.1 Å². The van der Waals surface area contributed by atoms with E-state index in [4.69, 9.17) is 24.2 Å². The summed E-state index contributed by atoms with van der Waals surface area (Å²) in [4.78, 5) is 0. The van der Waals surface area contributed by atoms with Gasteiger partial charge >= 0.3 is 0 Å². The van der Waals surface area contributed by atoms with Crippen molar-refractivity contribution in [3.05, 3.63) is 22.7 Å². The van der Waals surface area contributed by atoms with Crippen LogP contribution in [0.15, 0.2) is 12.1 Å². The van der Waals surface area contributed by atoms with Crippen molar-refractivity contribution in [2.24, 2.45) is 0 Å². The monoisotopic (exact) mass is 178 g/mol. The fourth-order valence-corrected chi connectivity index (χ4v) is 1.57. The second-order valence-electron chi connectivity index (χ2n) is 2.90. The van der Waals surface area contributed by atoms with E-state index in [9.17, 15) is 0 Å². The van der Waals surface area contributed by atoms with Crippen molar-refractivity contribution in [1.82, 2.24) is 0 Å². The number of fused-ring (bicyclic) bond motifs is 1. The molecule has 0 saturated carbocycles. The van der Waals surface area contributed by atoms with Gasteiger partial charge in [-0.2, -0.15) is 0 Å². The Labute approximate surface area is 78.1 Å². The quantitative estimate of drug-likeness (QED) is 0.547. The minimum Gasteiger partial charge on any atom is -0.494 e. The van der Waals surface area contributed by atoms with Crippen molar-refractivity contribution in [3.8, 4) is 5.75 Å². The minimum absolute atomic E-state index is 0.578. The highest BCUT2D eigenvalue weighted by Crippen LogP contribution is 2.24. The van der Waals surface area contributed by atoms with Gasteiger partial charge in [-0.05, 0) is 29.9 Å². The Morgan fingerprint density at radius 3 is 3.08 bits per heavy atom. The van der Waals surface area contributed by atoms with Crippen molar-refractivity contribution in [3.63, 3.8) is 0 Å². The molecule has 12 heavy (non-hydrogen) atoms. The van der Waals surface area contributed by atoms with E-state index in [0.717, 1.165) is 25.2 Å². The Morgan fingerprint density at radius 2 is 2.25 bits per heavy atom. The lowest BCUT2D eigenvalue weighted by Crippen LogP contribution is -2.18. The Kier molecular flexibility index (Phi) is 2.01. The first-order chi connectivity index (χ1) is 5.79. The summed E-state index contributed by atoms with van der Waals surface area (Å²) in [5.41, 5.74) is 1.75. The molecule has 3 heteroatoms. The Hall–Kier alpha value is -0.625. The highest BCUT2D eigenvalue weighted by Gasteiger charge is 2.13. The zero-order valence-electron chi connectivity index (χ0n) is 6.64. The van der Waals surface area contributed by atoms with Gasteiger partial charge in [-0.15, -0.1) is 0 Å². The lowest BCUT2D eigenvalue weighted by atomic mass is 9.90.